The summed E-state index contributed by atoms with van der Waals surface area (Å²) in [5, 5.41) is 19.9. The molecule has 1 atom stereocenters. The van der Waals surface area contributed by atoms with Crippen molar-refractivity contribution in [2.45, 2.75) is 25.5 Å². The Bertz CT molecular complexity index is 725. The van der Waals surface area contributed by atoms with E-state index in [1.165, 1.54) is 0 Å². The fourth-order valence-corrected chi connectivity index (χ4v) is 2.34. The van der Waals surface area contributed by atoms with Crippen LogP contribution in [0, 0.1) is 0 Å². The van der Waals surface area contributed by atoms with Gasteiger partial charge in [0.2, 0.25) is 0 Å². The van der Waals surface area contributed by atoms with Crippen molar-refractivity contribution in [3.63, 3.8) is 0 Å². The summed E-state index contributed by atoms with van der Waals surface area (Å²) >= 11 is 0. The van der Waals surface area contributed by atoms with E-state index >= 15 is 0 Å². The van der Waals surface area contributed by atoms with Crippen molar-refractivity contribution in [3.05, 3.63) is 60.2 Å². The maximum absolute atomic E-state index is 11.9. The number of carboxylic acids is 1. The SMILES string of the molecule is CC(C)(OC(=O)NC(CO)C(=O)O)c1ccc(-c2ccccc2)cc1. The van der Waals surface area contributed by atoms with Crippen molar-refractivity contribution in [1.82, 2.24) is 5.32 Å². The second kappa shape index (κ2) is 7.81. The van der Waals surface area contributed by atoms with Gasteiger partial charge in [-0.1, -0.05) is 54.6 Å². The molecule has 0 saturated carbocycles. The molecule has 0 heterocycles. The zero-order valence-electron chi connectivity index (χ0n) is 14.1. The number of rotatable bonds is 6. The molecule has 6 heteroatoms. The maximum Gasteiger partial charge on any atom is 0.408 e. The van der Waals surface area contributed by atoms with Gasteiger partial charge < -0.3 is 20.3 Å². The van der Waals surface area contributed by atoms with Crippen LogP contribution in [-0.4, -0.2) is 34.9 Å². The molecule has 0 spiro atoms. The van der Waals surface area contributed by atoms with Gasteiger partial charge in [-0.3, -0.25) is 0 Å². The number of amides is 1. The van der Waals surface area contributed by atoms with E-state index in [2.05, 4.69) is 5.32 Å². The molecule has 0 aliphatic carbocycles. The summed E-state index contributed by atoms with van der Waals surface area (Å²) in [5.74, 6) is -1.33. The van der Waals surface area contributed by atoms with Crippen molar-refractivity contribution < 1.29 is 24.5 Å². The highest BCUT2D eigenvalue weighted by Crippen LogP contribution is 2.27. The van der Waals surface area contributed by atoms with Gasteiger partial charge in [-0.25, -0.2) is 9.59 Å². The van der Waals surface area contributed by atoms with Gasteiger partial charge in [-0.05, 0) is 30.5 Å². The van der Waals surface area contributed by atoms with Crippen LogP contribution in [-0.2, 0) is 15.1 Å². The molecule has 1 amide bonds. The molecule has 0 aromatic heterocycles. The zero-order chi connectivity index (χ0) is 18.4. The number of nitrogens with one attached hydrogen (secondary N) is 1. The Kier molecular flexibility index (Phi) is 5.77. The normalized spacial score (nSPS) is 12.3. The van der Waals surface area contributed by atoms with E-state index in [1.54, 1.807) is 13.8 Å². The summed E-state index contributed by atoms with van der Waals surface area (Å²) in [6.07, 6.45) is -0.904. The highest BCUT2D eigenvalue weighted by Gasteiger charge is 2.28. The second-order valence-electron chi connectivity index (χ2n) is 6.06. The molecular formula is C19H21NO5. The summed E-state index contributed by atoms with van der Waals surface area (Å²) in [4.78, 5) is 22.7. The van der Waals surface area contributed by atoms with Crippen LogP contribution in [0.25, 0.3) is 11.1 Å². The number of carbonyl (C=O) groups excluding carboxylic acids is 1. The van der Waals surface area contributed by atoms with Gasteiger partial charge in [0.25, 0.3) is 0 Å². The van der Waals surface area contributed by atoms with Gasteiger partial charge >= 0.3 is 12.1 Å². The molecule has 6 nitrogen and oxygen atoms in total. The van der Waals surface area contributed by atoms with Gasteiger partial charge in [0.05, 0.1) is 6.61 Å². The van der Waals surface area contributed by atoms with Crippen molar-refractivity contribution in [2.24, 2.45) is 0 Å². The van der Waals surface area contributed by atoms with Crippen molar-refractivity contribution in [2.75, 3.05) is 6.61 Å². The number of benzene rings is 2. The Morgan fingerprint density at radius 2 is 1.60 bits per heavy atom. The molecule has 2 rings (SSSR count). The van der Waals surface area contributed by atoms with Crippen LogP contribution in [0.4, 0.5) is 4.79 Å². The Balaban J connectivity index is 2.08. The lowest BCUT2D eigenvalue weighted by Gasteiger charge is -2.26. The molecule has 25 heavy (non-hydrogen) atoms. The Morgan fingerprint density at radius 1 is 1.04 bits per heavy atom. The standard InChI is InChI=1S/C19H21NO5/c1-19(2,25-18(24)20-16(12-21)17(22)23)15-10-8-14(9-11-15)13-6-4-3-5-7-13/h3-11,16,21H,12H2,1-2H3,(H,20,24)(H,22,23). The lowest BCUT2D eigenvalue weighted by atomic mass is 9.95. The number of aliphatic carboxylic acids is 1. The Morgan fingerprint density at radius 3 is 2.12 bits per heavy atom. The molecule has 0 saturated heterocycles. The minimum Gasteiger partial charge on any atom is -0.480 e. The molecule has 0 fully saturated rings. The number of ether oxygens (including phenoxy) is 1. The van der Waals surface area contributed by atoms with Gasteiger partial charge in [-0.2, -0.15) is 0 Å². The lowest BCUT2D eigenvalue weighted by Crippen LogP contribution is -2.45. The first-order valence-electron chi connectivity index (χ1n) is 7.82. The predicted molar refractivity (Wildman–Crippen MR) is 93.0 cm³/mol. The van der Waals surface area contributed by atoms with Gasteiger partial charge in [0.1, 0.15) is 5.60 Å². The highest BCUT2D eigenvalue weighted by molar-refractivity contribution is 5.80. The molecule has 0 aliphatic heterocycles. The fraction of sp³-hybridized carbons (Fsp3) is 0.263. The van der Waals surface area contributed by atoms with Crippen LogP contribution in [0.3, 0.4) is 0 Å². The van der Waals surface area contributed by atoms with Crippen molar-refractivity contribution >= 4 is 12.1 Å². The first kappa shape index (κ1) is 18.5. The average molecular weight is 343 g/mol. The number of hydrogen-bond acceptors (Lipinski definition) is 4. The minimum absolute atomic E-state index is 0.712. The van der Waals surface area contributed by atoms with Crippen LogP contribution >= 0.6 is 0 Å². The first-order valence-corrected chi connectivity index (χ1v) is 7.82. The van der Waals surface area contributed by atoms with Crippen molar-refractivity contribution in [3.8, 4) is 11.1 Å². The molecule has 1 unspecified atom stereocenters. The summed E-state index contributed by atoms with van der Waals surface area (Å²) in [6, 6.07) is 16.1. The summed E-state index contributed by atoms with van der Waals surface area (Å²) in [6.45, 7) is 2.70. The number of aliphatic hydroxyl groups is 1. The molecule has 0 radical (unpaired) electrons. The second-order valence-corrected chi connectivity index (χ2v) is 6.06. The molecule has 3 N–H and O–H groups in total. The number of hydrogen-bond donors (Lipinski definition) is 3. The van der Waals surface area contributed by atoms with Crippen LogP contribution in [0.1, 0.15) is 19.4 Å². The van der Waals surface area contributed by atoms with E-state index in [9.17, 15) is 9.59 Å². The Hall–Kier alpha value is -2.86. The molecule has 0 bridgehead atoms. The van der Waals surface area contributed by atoms with Crippen LogP contribution in [0.15, 0.2) is 54.6 Å². The van der Waals surface area contributed by atoms with E-state index in [0.29, 0.717) is 0 Å². The molecular weight excluding hydrogens is 322 g/mol. The third kappa shape index (κ3) is 4.81. The monoisotopic (exact) mass is 343 g/mol. The number of alkyl carbamates (subject to hydrolysis) is 1. The van der Waals surface area contributed by atoms with Crippen LogP contribution in [0.5, 0.6) is 0 Å². The van der Waals surface area contributed by atoms with E-state index in [0.717, 1.165) is 16.7 Å². The predicted octanol–water partition coefficient (Wildman–Crippen LogP) is 2.76. The lowest BCUT2D eigenvalue weighted by molar-refractivity contribution is -0.140. The summed E-state index contributed by atoms with van der Waals surface area (Å²) in [5.41, 5.74) is 1.92. The maximum atomic E-state index is 11.9. The van der Waals surface area contributed by atoms with E-state index in [4.69, 9.17) is 14.9 Å². The largest absolute Gasteiger partial charge is 0.480 e. The van der Waals surface area contributed by atoms with Crippen LogP contribution in [0.2, 0.25) is 0 Å². The molecule has 2 aromatic carbocycles. The average Bonchev–Trinajstić information content (AvgIpc) is 2.60. The minimum atomic E-state index is -1.40. The third-order valence-corrected chi connectivity index (χ3v) is 3.81. The fourth-order valence-electron chi connectivity index (χ4n) is 2.34. The smallest absolute Gasteiger partial charge is 0.408 e. The topological polar surface area (TPSA) is 95.9 Å². The van der Waals surface area contributed by atoms with Crippen LogP contribution < -0.4 is 5.32 Å². The van der Waals surface area contributed by atoms with Gasteiger partial charge in [-0.15, -0.1) is 0 Å². The number of carbonyl (C=O) groups is 2. The van der Waals surface area contributed by atoms with E-state index in [1.807, 2.05) is 54.6 Å². The molecule has 2 aromatic rings. The van der Waals surface area contributed by atoms with Gasteiger partial charge in [0, 0.05) is 0 Å². The number of carboxylic acid groups (broad SMARTS) is 1. The number of aliphatic hydroxyl groups excluding tert-OH is 1. The van der Waals surface area contributed by atoms with E-state index < -0.39 is 30.3 Å². The first-order chi connectivity index (χ1) is 11.8. The zero-order valence-corrected chi connectivity index (χ0v) is 14.1. The molecule has 0 aliphatic rings. The highest BCUT2D eigenvalue weighted by atomic mass is 16.6. The summed E-state index contributed by atoms with van der Waals surface area (Å²) < 4.78 is 5.33. The van der Waals surface area contributed by atoms with E-state index in [-0.39, 0.29) is 0 Å². The molecule has 132 valence electrons. The quantitative estimate of drug-likeness (QED) is 0.749. The van der Waals surface area contributed by atoms with Gasteiger partial charge in [0.15, 0.2) is 6.04 Å². The van der Waals surface area contributed by atoms with Crippen molar-refractivity contribution in [1.29, 1.82) is 0 Å². The Labute approximate surface area is 146 Å². The summed E-state index contributed by atoms with van der Waals surface area (Å²) in [7, 11) is 0. The third-order valence-electron chi connectivity index (χ3n) is 3.81.